The first-order valence-corrected chi connectivity index (χ1v) is 10.2. The first-order chi connectivity index (χ1) is 14.6. The van der Waals surface area contributed by atoms with Crippen LogP contribution < -0.4 is 0 Å². The highest BCUT2D eigenvalue weighted by Crippen LogP contribution is 2.12. The summed E-state index contributed by atoms with van der Waals surface area (Å²) in [5.74, 6) is -0.686. The lowest BCUT2D eigenvalue weighted by atomic mass is 10.1. The molecule has 0 saturated heterocycles. The molecule has 0 aliphatic rings. The molecule has 4 nitrogen and oxygen atoms in total. The molecule has 3 aromatic carbocycles. The summed E-state index contributed by atoms with van der Waals surface area (Å²) in [6.45, 7) is 4.53. The minimum absolute atomic E-state index is 0.193. The van der Waals surface area contributed by atoms with Crippen LogP contribution in [-0.4, -0.2) is 11.9 Å². The van der Waals surface area contributed by atoms with Gasteiger partial charge in [-0.1, -0.05) is 62.4 Å². The second-order valence-electron chi connectivity index (χ2n) is 7.07. The van der Waals surface area contributed by atoms with Gasteiger partial charge in [-0.2, -0.15) is 0 Å². The molecule has 0 bridgehead atoms. The van der Waals surface area contributed by atoms with Crippen LogP contribution in [0.2, 0.25) is 0 Å². The zero-order chi connectivity index (χ0) is 21.3. The van der Waals surface area contributed by atoms with E-state index in [4.69, 9.17) is 9.47 Å². The number of aryl methyl sites for hydroxylation is 2. The second kappa shape index (κ2) is 10.4. The first-order valence-electron chi connectivity index (χ1n) is 10.2. The van der Waals surface area contributed by atoms with Gasteiger partial charge in [0, 0.05) is 0 Å². The molecule has 0 atom stereocenters. The van der Waals surface area contributed by atoms with Crippen LogP contribution >= 0.6 is 0 Å². The van der Waals surface area contributed by atoms with Gasteiger partial charge in [0.25, 0.3) is 0 Å². The molecule has 0 unspecified atom stereocenters. The lowest BCUT2D eigenvalue weighted by Gasteiger charge is -2.08. The van der Waals surface area contributed by atoms with Crippen LogP contribution in [0.5, 0.6) is 0 Å². The highest BCUT2D eigenvalue weighted by atomic mass is 16.5. The third-order valence-electron chi connectivity index (χ3n) is 4.96. The lowest BCUT2D eigenvalue weighted by Crippen LogP contribution is -2.06. The Morgan fingerprint density at radius 3 is 1.13 bits per heavy atom. The van der Waals surface area contributed by atoms with Crippen LogP contribution in [0.4, 0.5) is 0 Å². The molecule has 0 aromatic heterocycles. The van der Waals surface area contributed by atoms with Crippen LogP contribution in [-0.2, 0) is 35.5 Å². The maximum absolute atomic E-state index is 12.2. The number of carbonyl (C=O) groups excluding carboxylic acids is 2. The SMILES string of the molecule is CCc1ccc(C(=O)OCc2ccc(COC(=O)c3ccc(CC)cc3)cc2)cc1. The molecule has 154 valence electrons. The van der Waals surface area contributed by atoms with Gasteiger partial charge < -0.3 is 9.47 Å². The van der Waals surface area contributed by atoms with Crippen molar-refractivity contribution in [2.24, 2.45) is 0 Å². The van der Waals surface area contributed by atoms with E-state index >= 15 is 0 Å². The van der Waals surface area contributed by atoms with Gasteiger partial charge in [-0.05, 0) is 59.4 Å². The van der Waals surface area contributed by atoms with Crippen LogP contribution in [0.25, 0.3) is 0 Å². The van der Waals surface area contributed by atoms with Gasteiger partial charge in [-0.25, -0.2) is 9.59 Å². The van der Waals surface area contributed by atoms with E-state index < -0.39 is 0 Å². The summed E-state index contributed by atoms with van der Waals surface area (Å²) >= 11 is 0. The largest absolute Gasteiger partial charge is 0.457 e. The van der Waals surface area contributed by atoms with Crippen molar-refractivity contribution < 1.29 is 19.1 Å². The molecule has 4 heteroatoms. The third kappa shape index (κ3) is 5.80. The van der Waals surface area contributed by atoms with Crippen molar-refractivity contribution in [2.75, 3.05) is 0 Å². The van der Waals surface area contributed by atoms with Gasteiger partial charge >= 0.3 is 11.9 Å². The Hall–Kier alpha value is -3.40. The summed E-state index contributed by atoms with van der Waals surface area (Å²) in [6, 6.07) is 22.4. The van der Waals surface area contributed by atoms with Crippen molar-refractivity contribution in [2.45, 2.75) is 39.9 Å². The van der Waals surface area contributed by atoms with Crippen LogP contribution in [0.1, 0.15) is 56.8 Å². The van der Waals surface area contributed by atoms with Gasteiger partial charge in [-0.15, -0.1) is 0 Å². The second-order valence-corrected chi connectivity index (χ2v) is 7.07. The number of hydrogen-bond donors (Lipinski definition) is 0. The van der Waals surface area contributed by atoms with E-state index in [9.17, 15) is 9.59 Å². The molecular weight excluding hydrogens is 376 g/mol. The molecule has 3 rings (SSSR count). The van der Waals surface area contributed by atoms with Crippen molar-refractivity contribution in [3.8, 4) is 0 Å². The van der Waals surface area contributed by atoms with Crippen LogP contribution in [0.3, 0.4) is 0 Å². The summed E-state index contributed by atoms with van der Waals surface area (Å²) in [5.41, 5.74) is 5.20. The maximum Gasteiger partial charge on any atom is 0.338 e. The van der Waals surface area contributed by atoms with E-state index in [1.165, 1.54) is 11.1 Å². The van der Waals surface area contributed by atoms with Gasteiger partial charge in [-0.3, -0.25) is 0 Å². The molecular formula is C26H26O4. The Morgan fingerprint density at radius 2 is 0.833 bits per heavy atom. The van der Waals surface area contributed by atoms with E-state index in [0.29, 0.717) is 11.1 Å². The van der Waals surface area contributed by atoms with Gasteiger partial charge in [0.1, 0.15) is 13.2 Å². The van der Waals surface area contributed by atoms with E-state index in [-0.39, 0.29) is 25.2 Å². The van der Waals surface area contributed by atoms with Gasteiger partial charge in [0.2, 0.25) is 0 Å². The third-order valence-corrected chi connectivity index (χ3v) is 4.96. The summed E-state index contributed by atoms with van der Waals surface area (Å²) < 4.78 is 10.8. The number of esters is 2. The molecule has 0 N–H and O–H groups in total. The number of benzene rings is 3. The molecule has 0 aliphatic carbocycles. The smallest absolute Gasteiger partial charge is 0.338 e. The summed E-state index contributed by atoms with van der Waals surface area (Å²) in [6.07, 6.45) is 1.87. The highest BCUT2D eigenvalue weighted by molar-refractivity contribution is 5.89. The molecule has 30 heavy (non-hydrogen) atoms. The molecule has 0 amide bonds. The fourth-order valence-corrected chi connectivity index (χ4v) is 2.95. The van der Waals surface area contributed by atoms with Gasteiger partial charge in [0.15, 0.2) is 0 Å². The van der Waals surface area contributed by atoms with E-state index in [0.717, 1.165) is 24.0 Å². The standard InChI is InChI=1S/C26H26O4/c1-3-19-9-13-23(14-10-19)25(27)29-17-21-5-7-22(8-6-21)18-30-26(28)24-15-11-20(4-2)12-16-24/h5-16H,3-4,17-18H2,1-2H3. The van der Waals surface area contributed by atoms with Gasteiger partial charge in [0.05, 0.1) is 11.1 Å². The predicted molar refractivity (Wildman–Crippen MR) is 116 cm³/mol. The molecule has 0 aliphatic heterocycles. The topological polar surface area (TPSA) is 52.6 Å². The normalized spacial score (nSPS) is 10.5. The summed E-state index contributed by atoms with van der Waals surface area (Å²) in [5, 5.41) is 0. The Labute approximate surface area is 177 Å². The lowest BCUT2D eigenvalue weighted by molar-refractivity contribution is 0.0460. The van der Waals surface area contributed by atoms with Crippen LogP contribution in [0.15, 0.2) is 72.8 Å². The summed E-state index contributed by atoms with van der Waals surface area (Å²) in [4.78, 5) is 24.3. The quantitative estimate of drug-likeness (QED) is 0.465. The Bertz CT molecular complexity index is 889. The Balaban J connectivity index is 1.48. The molecule has 3 aromatic rings. The van der Waals surface area contributed by atoms with Crippen molar-refractivity contribution in [3.05, 3.63) is 106 Å². The molecule has 0 saturated carbocycles. The number of hydrogen-bond acceptors (Lipinski definition) is 4. The molecule has 0 spiro atoms. The first kappa shape index (κ1) is 21.3. The fourth-order valence-electron chi connectivity index (χ4n) is 2.95. The summed E-state index contributed by atoms with van der Waals surface area (Å²) in [7, 11) is 0. The van der Waals surface area contributed by atoms with Crippen molar-refractivity contribution in [1.82, 2.24) is 0 Å². The predicted octanol–water partition coefficient (Wildman–Crippen LogP) is 5.53. The van der Waals surface area contributed by atoms with E-state index in [2.05, 4.69) is 13.8 Å². The maximum atomic E-state index is 12.2. The highest BCUT2D eigenvalue weighted by Gasteiger charge is 2.09. The average molecular weight is 402 g/mol. The van der Waals surface area contributed by atoms with Crippen LogP contribution in [0, 0.1) is 0 Å². The minimum Gasteiger partial charge on any atom is -0.457 e. The number of ether oxygens (including phenoxy) is 2. The van der Waals surface area contributed by atoms with Crippen molar-refractivity contribution in [1.29, 1.82) is 0 Å². The van der Waals surface area contributed by atoms with E-state index in [1.807, 2.05) is 48.5 Å². The Kier molecular flexibility index (Phi) is 7.39. The number of rotatable bonds is 8. The fraction of sp³-hybridized carbons (Fsp3) is 0.231. The van der Waals surface area contributed by atoms with Crippen molar-refractivity contribution in [3.63, 3.8) is 0 Å². The number of carbonyl (C=O) groups is 2. The minimum atomic E-state index is -0.343. The molecule has 0 fully saturated rings. The zero-order valence-corrected chi connectivity index (χ0v) is 17.4. The van der Waals surface area contributed by atoms with E-state index in [1.54, 1.807) is 24.3 Å². The Morgan fingerprint density at radius 1 is 0.533 bits per heavy atom. The molecule has 0 heterocycles. The van der Waals surface area contributed by atoms with Crippen molar-refractivity contribution >= 4 is 11.9 Å². The molecule has 0 radical (unpaired) electrons. The zero-order valence-electron chi connectivity index (χ0n) is 17.4. The average Bonchev–Trinajstić information content (AvgIpc) is 2.81. The monoisotopic (exact) mass is 402 g/mol.